The Morgan fingerprint density at radius 1 is 1.35 bits per heavy atom. The molecule has 98 valence electrons. The predicted molar refractivity (Wildman–Crippen MR) is 67.5 cm³/mol. The highest BCUT2D eigenvalue weighted by Crippen LogP contribution is 2.08. The molecule has 0 aliphatic heterocycles. The number of hydrogen-bond acceptors (Lipinski definition) is 3. The van der Waals surface area contributed by atoms with Crippen molar-refractivity contribution in [3.63, 3.8) is 0 Å². The predicted octanol–water partition coefficient (Wildman–Crippen LogP) is 2.14. The van der Waals surface area contributed by atoms with Crippen molar-refractivity contribution in [1.82, 2.24) is 4.90 Å². The summed E-state index contributed by atoms with van der Waals surface area (Å²) < 4.78 is 5.10. The van der Waals surface area contributed by atoms with Crippen molar-refractivity contribution in [3.05, 3.63) is 12.7 Å². The zero-order valence-electron chi connectivity index (χ0n) is 11.2. The van der Waals surface area contributed by atoms with Gasteiger partial charge in [-0.2, -0.15) is 0 Å². The first kappa shape index (κ1) is 15.7. The van der Waals surface area contributed by atoms with Crippen LogP contribution in [0.25, 0.3) is 0 Å². The van der Waals surface area contributed by atoms with Crippen LogP contribution in [0.3, 0.4) is 0 Å². The van der Waals surface area contributed by atoms with E-state index in [4.69, 9.17) is 4.74 Å². The van der Waals surface area contributed by atoms with Crippen LogP contribution in [0.4, 0.5) is 0 Å². The molecule has 0 radical (unpaired) electrons. The molecule has 0 aliphatic rings. The molecule has 0 N–H and O–H groups in total. The van der Waals surface area contributed by atoms with Gasteiger partial charge in [-0.1, -0.05) is 19.9 Å². The molecule has 0 bridgehead atoms. The minimum Gasteiger partial charge on any atom is -0.464 e. The Kier molecular flexibility index (Phi) is 7.26. The molecule has 0 fully saturated rings. The van der Waals surface area contributed by atoms with E-state index in [9.17, 15) is 9.59 Å². The Balaban J connectivity index is 4.50. The van der Waals surface area contributed by atoms with Crippen LogP contribution in [-0.2, 0) is 14.3 Å². The van der Waals surface area contributed by atoms with Gasteiger partial charge in [0.2, 0.25) is 5.91 Å². The zero-order chi connectivity index (χ0) is 13.4. The van der Waals surface area contributed by atoms with Gasteiger partial charge in [0.05, 0.1) is 6.61 Å². The number of carbonyl (C=O) groups excluding carboxylic acids is 2. The fraction of sp³-hybridized carbons (Fsp3) is 0.692. The van der Waals surface area contributed by atoms with Crippen molar-refractivity contribution in [3.8, 4) is 0 Å². The topological polar surface area (TPSA) is 46.6 Å². The second kappa shape index (κ2) is 7.87. The van der Waals surface area contributed by atoms with Crippen LogP contribution in [0.1, 0.15) is 40.5 Å². The van der Waals surface area contributed by atoms with Crippen LogP contribution in [0.5, 0.6) is 0 Å². The third kappa shape index (κ3) is 5.02. The Morgan fingerprint density at radius 2 is 1.94 bits per heavy atom. The molecule has 0 aromatic carbocycles. The number of hydrogen-bond donors (Lipinski definition) is 0. The number of carbonyl (C=O) groups is 2. The number of nitrogens with zero attached hydrogens (tertiary/aromatic N) is 1. The smallest absolute Gasteiger partial charge is 0.328 e. The first-order valence-corrected chi connectivity index (χ1v) is 6.07. The van der Waals surface area contributed by atoms with E-state index in [1.165, 1.54) is 11.0 Å². The highest BCUT2D eigenvalue weighted by atomic mass is 16.5. The number of amides is 1. The van der Waals surface area contributed by atoms with E-state index in [1.807, 2.05) is 20.8 Å². The van der Waals surface area contributed by atoms with Crippen LogP contribution in [0.15, 0.2) is 12.7 Å². The van der Waals surface area contributed by atoms with Gasteiger partial charge in [0.15, 0.2) is 0 Å². The Hall–Kier alpha value is -1.32. The molecule has 4 heteroatoms. The highest BCUT2D eigenvalue weighted by Gasteiger charge is 2.27. The number of unbranched alkanes of at least 4 members (excludes halogenated alkanes) is 1. The van der Waals surface area contributed by atoms with Crippen LogP contribution in [0.2, 0.25) is 0 Å². The number of esters is 1. The summed E-state index contributed by atoms with van der Waals surface area (Å²) in [4.78, 5) is 24.8. The first-order chi connectivity index (χ1) is 7.95. The fourth-order valence-electron chi connectivity index (χ4n) is 1.55. The summed E-state index contributed by atoms with van der Waals surface area (Å²) in [5.41, 5.74) is 0. The largest absolute Gasteiger partial charge is 0.464 e. The third-order valence-electron chi connectivity index (χ3n) is 2.49. The maximum Gasteiger partial charge on any atom is 0.328 e. The van der Waals surface area contributed by atoms with Gasteiger partial charge in [0.1, 0.15) is 6.04 Å². The molecule has 0 rings (SSSR count). The Labute approximate surface area is 104 Å². The number of rotatable bonds is 7. The SMILES string of the molecule is C=CC(=O)N(C(C)C)C(C)C(=O)OCCCC. The monoisotopic (exact) mass is 241 g/mol. The van der Waals surface area contributed by atoms with Crippen molar-refractivity contribution in [2.45, 2.75) is 52.6 Å². The lowest BCUT2D eigenvalue weighted by Crippen LogP contribution is -2.47. The summed E-state index contributed by atoms with van der Waals surface area (Å²) in [5, 5.41) is 0. The standard InChI is InChI=1S/C13H23NO3/c1-6-8-9-17-13(16)11(5)14(10(3)4)12(15)7-2/h7,10-11H,2,6,8-9H2,1,3-5H3. The van der Waals surface area contributed by atoms with Gasteiger partial charge in [-0.25, -0.2) is 4.79 Å². The normalized spacial score (nSPS) is 12.1. The molecule has 0 saturated carbocycles. The van der Waals surface area contributed by atoms with Gasteiger partial charge in [-0.15, -0.1) is 0 Å². The minimum atomic E-state index is -0.572. The Morgan fingerprint density at radius 3 is 2.35 bits per heavy atom. The van der Waals surface area contributed by atoms with E-state index in [1.54, 1.807) is 6.92 Å². The van der Waals surface area contributed by atoms with Crippen molar-refractivity contribution in [2.75, 3.05) is 6.61 Å². The molecule has 0 aliphatic carbocycles. The first-order valence-electron chi connectivity index (χ1n) is 6.07. The molecular weight excluding hydrogens is 218 g/mol. The van der Waals surface area contributed by atoms with E-state index < -0.39 is 6.04 Å². The van der Waals surface area contributed by atoms with Gasteiger partial charge in [0.25, 0.3) is 0 Å². The third-order valence-corrected chi connectivity index (χ3v) is 2.49. The van der Waals surface area contributed by atoms with Gasteiger partial charge < -0.3 is 9.64 Å². The second-order valence-corrected chi connectivity index (χ2v) is 4.24. The summed E-state index contributed by atoms with van der Waals surface area (Å²) in [6.45, 7) is 11.3. The average Bonchev–Trinajstić information content (AvgIpc) is 2.28. The average molecular weight is 241 g/mol. The van der Waals surface area contributed by atoms with Gasteiger partial charge >= 0.3 is 5.97 Å². The number of ether oxygens (including phenoxy) is 1. The van der Waals surface area contributed by atoms with Crippen molar-refractivity contribution in [2.24, 2.45) is 0 Å². The minimum absolute atomic E-state index is 0.0609. The summed E-state index contributed by atoms with van der Waals surface area (Å²) in [7, 11) is 0. The maximum atomic E-state index is 11.7. The molecule has 4 nitrogen and oxygen atoms in total. The molecule has 0 spiro atoms. The summed E-state index contributed by atoms with van der Waals surface area (Å²) in [6.07, 6.45) is 3.03. The molecule has 0 aromatic rings. The molecule has 1 atom stereocenters. The molecule has 1 amide bonds. The van der Waals surface area contributed by atoms with Crippen molar-refractivity contribution >= 4 is 11.9 Å². The van der Waals surface area contributed by atoms with Crippen molar-refractivity contribution in [1.29, 1.82) is 0 Å². The molecule has 0 aromatic heterocycles. The summed E-state index contributed by atoms with van der Waals surface area (Å²) in [5.74, 6) is -0.609. The molecule has 17 heavy (non-hydrogen) atoms. The van der Waals surface area contributed by atoms with Crippen LogP contribution >= 0.6 is 0 Å². The summed E-state index contributed by atoms with van der Waals surface area (Å²) in [6, 6.07) is -0.633. The van der Waals surface area contributed by atoms with Crippen LogP contribution in [0, 0.1) is 0 Å². The van der Waals surface area contributed by atoms with E-state index in [-0.39, 0.29) is 17.9 Å². The fourth-order valence-corrected chi connectivity index (χ4v) is 1.55. The van der Waals surface area contributed by atoms with E-state index >= 15 is 0 Å². The van der Waals surface area contributed by atoms with Gasteiger partial charge in [-0.3, -0.25) is 4.79 Å². The summed E-state index contributed by atoms with van der Waals surface area (Å²) >= 11 is 0. The highest BCUT2D eigenvalue weighted by molar-refractivity contribution is 5.91. The van der Waals surface area contributed by atoms with E-state index in [0.29, 0.717) is 6.61 Å². The van der Waals surface area contributed by atoms with Crippen LogP contribution in [-0.4, -0.2) is 35.5 Å². The molecular formula is C13H23NO3. The lowest BCUT2D eigenvalue weighted by molar-refractivity contribution is -0.154. The lowest BCUT2D eigenvalue weighted by Gasteiger charge is -2.30. The second-order valence-electron chi connectivity index (χ2n) is 4.24. The molecule has 1 unspecified atom stereocenters. The molecule has 0 saturated heterocycles. The lowest BCUT2D eigenvalue weighted by atomic mass is 10.2. The quantitative estimate of drug-likeness (QED) is 0.390. The maximum absolute atomic E-state index is 11.7. The Bertz CT molecular complexity index is 274. The zero-order valence-corrected chi connectivity index (χ0v) is 11.2. The van der Waals surface area contributed by atoms with Gasteiger partial charge in [-0.05, 0) is 33.3 Å². The van der Waals surface area contributed by atoms with Crippen molar-refractivity contribution < 1.29 is 14.3 Å². The molecule has 0 heterocycles. The van der Waals surface area contributed by atoms with Crippen LogP contribution < -0.4 is 0 Å². The van der Waals surface area contributed by atoms with E-state index in [0.717, 1.165) is 12.8 Å². The van der Waals surface area contributed by atoms with Gasteiger partial charge in [0, 0.05) is 6.04 Å². The van der Waals surface area contributed by atoms with E-state index in [2.05, 4.69) is 6.58 Å².